The number of nitrogens with zero attached hydrogens (tertiary/aromatic N) is 2. The Morgan fingerprint density at radius 1 is 1.18 bits per heavy atom. The van der Waals surface area contributed by atoms with E-state index in [9.17, 15) is 13.4 Å². The second-order valence-corrected chi connectivity index (χ2v) is 7.69. The largest absolute Gasteiger partial charge is 0.484 e. The van der Waals surface area contributed by atoms with E-state index in [-0.39, 0.29) is 4.90 Å². The van der Waals surface area contributed by atoms with Crippen LogP contribution in [0.4, 0.5) is 0 Å². The lowest BCUT2D eigenvalue weighted by molar-refractivity contribution is 0.476. The Bertz CT molecular complexity index is 853. The number of hydrogen-bond acceptors (Lipinski definition) is 4. The van der Waals surface area contributed by atoms with Gasteiger partial charge in [0.05, 0.1) is 11.1 Å². The number of rotatable bonds is 2. The summed E-state index contributed by atoms with van der Waals surface area (Å²) in [5, 5.41) is 14.3. The summed E-state index contributed by atoms with van der Waals surface area (Å²) in [7, 11) is -5.27. The first kappa shape index (κ1) is 15.3. The zero-order chi connectivity index (χ0) is 15.9. The highest BCUT2D eigenvalue weighted by Gasteiger charge is 2.38. The van der Waals surface area contributed by atoms with Gasteiger partial charge in [0.15, 0.2) is 0 Å². The van der Waals surface area contributed by atoms with E-state index >= 15 is 0 Å². The normalized spacial score (nSPS) is 14.1. The van der Waals surface area contributed by atoms with Crippen LogP contribution in [0.15, 0.2) is 56.9 Å². The van der Waals surface area contributed by atoms with Crippen LogP contribution in [0.5, 0.6) is 0 Å². The van der Waals surface area contributed by atoms with Gasteiger partial charge in [-0.15, -0.1) is 0 Å². The summed E-state index contributed by atoms with van der Waals surface area (Å²) in [6.45, 7) is 1.87. The van der Waals surface area contributed by atoms with E-state index < -0.39 is 17.1 Å². The van der Waals surface area contributed by atoms with Gasteiger partial charge in [-0.1, -0.05) is 39.7 Å². The van der Waals surface area contributed by atoms with Crippen molar-refractivity contribution in [1.29, 1.82) is 0 Å². The Hall–Kier alpha value is -1.64. The maximum atomic E-state index is 12.6. The molecule has 0 aromatic heterocycles. The number of hydrazone groups is 1. The molecule has 1 aliphatic heterocycles. The van der Waals surface area contributed by atoms with Crippen LogP contribution in [0.3, 0.4) is 0 Å². The predicted molar refractivity (Wildman–Crippen MR) is 89.5 cm³/mol. The number of halogens is 1. The molecule has 0 atom stereocenters. The molecular formula is C14H12BBrN2O3S. The monoisotopic (exact) mass is 378 g/mol. The molecule has 0 saturated heterocycles. The molecule has 0 unspecified atom stereocenters. The van der Waals surface area contributed by atoms with Gasteiger partial charge in [0.1, 0.15) is 0 Å². The highest BCUT2D eigenvalue weighted by atomic mass is 79.9. The molecule has 0 fully saturated rings. The molecule has 8 heteroatoms. The van der Waals surface area contributed by atoms with Crippen LogP contribution in [0.1, 0.15) is 11.1 Å². The predicted octanol–water partition coefficient (Wildman–Crippen LogP) is 1.48. The topological polar surface area (TPSA) is 70.0 Å². The standard InChI is InChI=1S/C14H12BBrN2O3S/c1-10-2-6-13(7-3-10)22(20,21)18-15(19)14-8-12(16)5-4-11(14)9-17-18/h2-9,19H,1H3. The summed E-state index contributed by atoms with van der Waals surface area (Å²) in [5.74, 6) is 0. The van der Waals surface area contributed by atoms with Gasteiger partial charge in [-0.25, -0.2) is 8.42 Å². The Morgan fingerprint density at radius 2 is 1.86 bits per heavy atom. The fourth-order valence-electron chi connectivity index (χ4n) is 2.20. The third-order valence-corrected chi connectivity index (χ3v) is 5.56. The van der Waals surface area contributed by atoms with Gasteiger partial charge in [0.2, 0.25) is 0 Å². The highest BCUT2D eigenvalue weighted by Crippen LogP contribution is 2.20. The third kappa shape index (κ3) is 2.58. The van der Waals surface area contributed by atoms with Crippen molar-refractivity contribution in [2.45, 2.75) is 11.8 Å². The smallest absolute Gasteiger partial charge is 0.427 e. The summed E-state index contributed by atoms with van der Waals surface area (Å²) in [6.07, 6.45) is 1.43. The van der Waals surface area contributed by atoms with Gasteiger partial charge in [-0.2, -0.15) is 9.43 Å². The van der Waals surface area contributed by atoms with Crippen molar-refractivity contribution in [2.24, 2.45) is 5.10 Å². The average molecular weight is 379 g/mol. The Morgan fingerprint density at radius 3 is 2.55 bits per heavy atom. The summed E-state index contributed by atoms with van der Waals surface area (Å²) < 4.78 is 26.8. The number of benzene rings is 2. The Labute approximate surface area is 137 Å². The van der Waals surface area contributed by atoms with E-state index in [0.717, 1.165) is 14.4 Å². The fourth-order valence-corrected chi connectivity index (χ4v) is 3.82. The fraction of sp³-hybridized carbons (Fsp3) is 0.0714. The summed E-state index contributed by atoms with van der Waals surface area (Å²) in [6, 6.07) is 11.7. The summed E-state index contributed by atoms with van der Waals surface area (Å²) in [4.78, 5) is 0.0905. The van der Waals surface area contributed by atoms with Crippen LogP contribution >= 0.6 is 15.9 Å². The number of fused-ring (bicyclic) bond motifs is 1. The van der Waals surface area contributed by atoms with Crippen molar-refractivity contribution < 1.29 is 13.4 Å². The maximum absolute atomic E-state index is 12.6. The number of hydrogen-bond donors (Lipinski definition) is 1. The maximum Gasteiger partial charge on any atom is 0.484 e. The molecule has 2 aromatic rings. The van der Waals surface area contributed by atoms with Crippen molar-refractivity contribution in [1.82, 2.24) is 4.33 Å². The molecule has 0 spiro atoms. The van der Waals surface area contributed by atoms with Crippen molar-refractivity contribution >= 4 is 44.7 Å². The average Bonchev–Trinajstić information content (AvgIpc) is 2.48. The highest BCUT2D eigenvalue weighted by molar-refractivity contribution is 9.10. The molecule has 0 aliphatic carbocycles. The van der Waals surface area contributed by atoms with Gasteiger partial charge in [0, 0.05) is 4.47 Å². The third-order valence-electron chi connectivity index (χ3n) is 3.41. The number of sulfonamides is 1. The van der Waals surface area contributed by atoms with Gasteiger partial charge >= 0.3 is 7.05 Å². The Balaban J connectivity index is 2.04. The van der Waals surface area contributed by atoms with Crippen LogP contribution in [0, 0.1) is 6.92 Å². The zero-order valence-corrected chi connectivity index (χ0v) is 14.0. The van der Waals surface area contributed by atoms with E-state index in [0.29, 0.717) is 11.0 Å². The van der Waals surface area contributed by atoms with Crippen molar-refractivity contribution in [3.8, 4) is 0 Å². The molecule has 112 valence electrons. The molecule has 1 heterocycles. The lowest BCUT2D eigenvalue weighted by atomic mass is 9.72. The first-order valence-electron chi connectivity index (χ1n) is 6.52. The molecular weight excluding hydrogens is 367 g/mol. The molecule has 0 saturated carbocycles. The first-order chi connectivity index (χ1) is 10.4. The molecule has 0 radical (unpaired) electrons. The minimum atomic E-state index is -3.91. The van der Waals surface area contributed by atoms with E-state index in [1.165, 1.54) is 18.3 Å². The van der Waals surface area contributed by atoms with Gasteiger partial charge < -0.3 is 5.02 Å². The van der Waals surface area contributed by atoms with E-state index in [4.69, 9.17) is 0 Å². The zero-order valence-electron chi connectivity index (χ0n) is 11.6. The van der Waals surface area contributed by atoms with Crippen LogP contribution in [-0.2, 0) is 10.0 Å². The van der Waals surface area contributed by atoms with Crippen molar-refractivity contribution in [2.75, 3.05) is 0 Å². The molecule has 3 rings (SSSR count). The quantitative estimate of drug-likeness (QED) is 0.804. The molecule has 2 aromatic carbocycles. The van der Waals surface area contributed by atoms with Crippen LogP contribution in [0.25, 0.3) is 0 Å². The molecule has 1 N–H and O–H groups in total. The van der Waals surface area contributed by atoms with Crippen LogP contribution in [0.2, 0.25) is 0 Å². The lowest BCUT2D eigenvalue weighted by Gasteiger charge is -2.26. The second-order valence-electron chi connectivity index (χ2n) is 4.98. The molecule has 22 heavy (non-hydrogen) atoms. The molecule has 5 nitrogen and oxygen atoms in total. The van der Waals surface area contributed by atoms with Gasteiger partial charge in [-0.05, 0) is 42.2 Å². The Kier molecular flexibility index (Phi) is 3.84. The molecule has 0 amide bonds. The SMILES string of the molecule is Cc1ccc(S(=O)(=O)N2N=Cc3ccc(Br)cc3B2O)cc1. The summed E-state index contributed by atoms with van der Waals surface area (Å²) >= 11 is 3.32. The minimum absolute atomic E-state index is 0.0905. The lowest BCUT2D eigenvalue weighted by Crippen LogP contribution is -2.52. The van der Waals surface area contributed by atoms with E-state index in [1.54, 1.807) is 24.3 Å². The molecule has 0 bridgehead atoms. The van der Waals surface area contributed by atoms with Gasteiger partial charge in [-0.3, -0.25) is 0 Å². The van der Waals surface area contributed by atoms with Crippen LogP contribution in [-0.4, -0.2) is 31.0 Å². The van der Waals surface area contributed by atoms with Gasteiger partial charge in [0.25, 0.3) is 10.0 Å². The number of aryl methyl sites for hydroxylation is 1. The van der Waals surface area contributed by atoms with E-state index in [2.05, 4.69) is 21.0 Å². The summed E-state index contributed by atoms with van der Waals surface area (Å²) in [5.41, 5.74) is 2.13. The first-order valence-corrected chi connectivity index (χ1v) is 8.75. The minimum Gasteiger partial charge on any atom is -0.427 e. The second kappa shape index (κ2) is 5.53. The van der Waals surface area contributed by atoms with Crippen molar-refractivity contribution in [3.05, 3.63) is 58.1 Å². The molecule has 1 aliphatic rings. The van der Waals surface area contributed by atoms with E-state index in [1.807, 2.05) is 13.0 Å². The van der Waals surface area contributed by atoms with Crippen LogP contribution < -0.4 is 5.46 Å². The van der Waals surface area contributed by atoms with Crippen molar-refractivity contribution in [3.63, 3.8) is 0 Å².